The molecule has 0 radical (unpaired) electrons. The van der Waals surface area contributed by atoms with E-state index in [1.165, 1.54) is 6.33 Å². The number of carbonyl (C=O) groups excluding carboxylic acids is 1. The summed E-state index contributed by atoms with van der Waals surface area (Å²) in [5, 5.41) is 3.44. The summed E-state index contributed by atoms with van der Waals surface area (Å²) < 4.78 is 0. The third kappa shape index (κ3) is 2.82. The first-order valence-electron chi connectivity index (χ1n) is 4.85. The van der Waals surface area contributed by atoms with Crippen molar-refractivity contribution >= 4 is 23.3 Å². The fraction of sp³-hybridized carbons (Fsp3) is 0.500. The van der Waals surface area contributed by atoms with Crippen LogP contribution < -0.4 is 11.1 Å². The summed E-state index contributed by atoms with van der Waals surface area (Å²) in [7, 11) is 0. The van der Waals surface area contributed by atoms with E-state index in [0.29, 0.717) is 17.5 Å². The van der Waals surface area contributed by atoms with Crippen LogP contribution in [0.15, 0.2) is 6.33 Å². The average Bonchev–Trinajstić information content (AvgIpc) is 2.20. The fourth-order valence-electron chi connectivity index (χ4n) is 0.999. The third-order valence-electron chi connectivity index (χ3n) is 2.39. The Bertz CT molecular complexity index is 406. The highest BCUT2D eigenvalue weighted by Gasteiger charge is 2.24. The SMILES string of the molecule is Cc1c(Cl)ncnc1NCC(C)(C)C(N)=O. The second-order valence-electron chi connectivity index (χ2n) is 4.24. The smallest absolute Gasteiger partial charge is 0.224 e. The third-order valence-corrected chi connectivity index (χ3v) is 2.77. The topological polar surface area (TPSA) is 80.9 Å². The zero-order valence-electron chi connectivity index (χ0n) is 9.54. The molecule has 3 N–H and O–H groups in total. The van der Waals surface area contributed by atoms with Crippen LogP contribution in [0, 0.1) is 12.3 Å². The fourth-order valence-corrected chi connectivity index (χ4v) is 1.13. The number of anilines is 1. The normalized spacial score (nSPS) is 11.2. The predicted octanol–water partition coefficient (Wildman–Crippen LogP) is 1.36. The van der Waals surface area contributed by atoms with E-state index in [-0.39, 0.29) is 5.91 Å². The van der Waals surface area contributed by atoms with Gasteiger partial charge in [0.15, 0.2) is 0 Å². The minimum atomic E-state index is -0.635. The Morgan fingerprint density at radius 1 is 1.56 bits per heavy atom. The first kappa shape index (κ1) is 12.7. The largest absolute Gasteiger partial charge is 0.369 e. The molecule has 0 saturated heterocycles. The van der Waals surface area contributed by atoms with Crippen LogP contribution in [0.5, 0.6) is 0 Å². The van der Waals surface area contributed by atoms with Crippen LogP contribution in [0.4, 0.5) is 5.82 Å². The lowest BCUT2D eigenvalue weighted by molar-refractivity contribution is -0.125. The number of carbonyl (C=O) groups is 1. The Morgan fingerprint density at radius 3 is 2.75 bits per heavy atom. The number of hydrogen-bond donors (Lipinski definition) is 2. The molecule has 0 aliphatic rings. The van der Waals surface area contributed by atoms with E-state index < -0.39 is 5.41 Å². The van der Waals surface area contributed by atoms with Crippen LogP contribution in [0.2, 0.25) is 5.15 Å². The molecule has 1 rings (SSSR count). The number of rotatable bonds is 4. The standard InChI is InChI=1S/C10H15ClN4O/c1-6-7(11)14-5-15-8(6)13-4-10(2,3)9(12)16/h5H,4H2,1-3H3,(H2,12,16)(H,13,14,15). The maximum Gasteiger partial charge on any atom is 0.224 e. The van der Waals surface area contributed by atoms with Crippen LogP contribution >= 0.6 is 11.6 Å². The summed E-state index contributed by atoms with van der Waals surface area (Å²) in [5.74, 6) is 0.257. The first-order chi connectivity index (χ1) is 7.34. The minimum Gasteiger partial charge on any atom is -0.369 e. The Balaban J connectivity index is 2.76. The highest BCUT2D eigenvalue weighted by atomic mass is 35.5. The molecule has 0 aliphatic heterocycles. The van der Waals surface area contributed by atoms with Gasteiger partial charge in [0.25, 0.3) is 0 Å². The number of primary amides is 1. The van der Waals surface area contributed by atoms with Gasteiger partial charge in [-0.05, 0) is 20.8 Å². The summed E-state index contributed by atoms with van der Waals surface area (Å²) in [5.41, 5.74) is 5.38. The van der Waals surface area contributed by atoms with Crippen LogP contribution in [0.1, 0.15) is 19.4 Å². The molecule has 1 amide bonds. The second-order valence-corrected chi connectivity index (χ2v) is 4.60. The summed E-state index contributed by atoms with van der Waals surface area (Å²) in [4.78, 5) is 19.0. The van der Waals surface area contributed by atoms with Crippen molar-refractivity contribution in [1.29, 1.82) is 0 Å². The van der Waals surface area contributed by atoms with Crippen molar-refractivity contribution in [3.05, 3.63) is 17.0 Å². The van der Waals surface area contributed by atoms with Gasteiger partial charge in [-0.1, -0.05) is 11.6 Å². The monoisotopic (exact) mass is 242 g/mol. The molecule has 0 aromatic carbocycles. The van der Waals surface area contributed by atoms with E-state index in [4.69, 9.17) is 17.3 Å². The molecule has 16 heavy (non-hydrogen) atoms. The van der Waals surface area contributed by atoms with Crippen LogP contribution in [0.25, 0.3) is 0 Å². The van der Waals surface area contributed by atoms with Crippen molar-refractivity contribution < 1.29 is 4.79 Å². The molecular formula is C10H15ClN4O. The van der Waals surface area contributed by atoms with Crippen molar-refractivity contribution in [2.75, 3.05) is 11.9 Å². The lowest BCUT2D eigenvalue weighted by Crippen LogP contribution is -2.37. The molecule has 0 bridgehead atoms. The van der Waals surface area contributed by atoms with E-state index in [1.54, 1.807) is 13.8 Å². The Labute approximate surface area is 99.4 Å². The summed E-state index contributed by atoms with van der Waals surface area (Å²) in [6.45, 7) is 5.74. The van der Waals surface area contributed by atoms with E-state index in [0.717, 1.165) is 5.56 Å². The van der Waals surface area contributed by atoms with Gasteiger partial charge in [0, 0.05) is 12.1 Å². The van der Waals surface area contributed by atoms with Gasteiger partial charge in [-0.2, -0.15) is 0 Å². The zero-order chi connectivity index (χ0) is 12.3. The molecule has 0 unspecified atom stereocenters. The Hall–Kier alpha value is -1.36. The highest BCUT2D eigenvalue weighted by molar-refractivity contribution is 6.30. The molecule has 0 fully saturated rings. The highest BCUT2D eigenvalue weighted by Crippen LogP contribution is 2.20. The maximum absolute atomic E-state index is 11.1. The maximum atomic E-state index is 11.1. The molecule has 1 heterocycles. The first-order valence-corrected chi connectivity index (χ1v) is 5.23. The number of hydrogen-bond acceptors (Lipinski definition) is 4. The van der Waals surface area contributed by atoms with Crippen molar-refractivity contribution in [2.24, 2.45) is 11.1 Å². The van der Waals surface area contributed by atoms with E-state index >= 15 is 0 Å². The van der Waals surface area contributed by atoms with Gasteiger partial charge in [0.05, 0.1) is 5.41 Å². The number of nitrogens with two attached hydrogens (primary N) is 1. The Morgan fingerprint density at radius 2 is 2.19 bits per heavy atom. The molecule has 1 aromatic rings. The molecule has 88 valence electrons. The van der Waals surface area contributed by atoms with E-state index in [1.807, 2.05) is 6.92 Å². The predicted molar refractivity (Wildman–Crippen MR) is 63.2 cm³/mol. The number of halogens is 1. The van der Waals surface area contributed by atoms with Crippen molar-refractivity contribution in [1.82, 2.24) is 9.97 Å². The quantitative estimate of drug-likeness (QED) is 0.782. The minimum absolute atomic E-state index is 0.363. The number of nitrogens with one attached hydrogen (secondary N) is 1. The van der Waals surface area contributed by atoms with Gasteiger partial charge in [0.2, 0.25) is 5.91 Å². The van der Waals surface area contributed by atoms with Crippen molar-refractivity contribution in [3.8, 4) is 0 Å². The van der Waals surface area contributed by atoms with Gasteiger partial charge in [-0.15, -0.1) is 0 Å². The van der Waals surface area contributed by atoms with Gasteiger partial charge < -0.3 is 11.1 Å². The van der Waals surface area contributed by atoms with Crippen molar-refractivity contribution in [3.63, 3.8) is 0 Å². The summed E-state index contributed by atoms with van der Waals surface area (Å²) in [6.07, 6.45) is 1.37. The van der Waals surface area contributed by atoms with Gasteiger partial charge >= 0.3 is 0 Å². The molecule has 6 heteroatoms. The Kier molecular flexibility index (Phi) is 3.70. The number of amides is 1. The van der Waals surface area contributed by atoms with Gasteiger partial charge in [-0.3, -0.25) is 4.79 Å². The summed E-state index contributed by atoms with van der Waals surface area (Å²) >= 11 is 5.84. The lowest BCUT2D eigenvalue weighted by atomic mass is 9.93. The molecular weight excluding hydrogens is 228 g/mol. The van der Waals surface area contributed by atoms with Crippen LogP contribution in [-0.2, 0) is 4.79 Å². The number of aromatic nitrogens is 2. The van der Waals surface area contributed by atoms with Crippen LogP contribution in [0.3, 0.4) is 0 Å². The molecule has 5 nitrogen and oxygen atoms in total. The lowest BCUT2D eigenvalue weighted by Gasteiger charge is -2.21. The van der Waals surface area contributed by atoms with E-state index in [2.05, 4.69) is 15.3 Å². The molecule has 1 aromatic heterocycles. The number of nitrogens with zero attached hydrogens (tertiary/aromatic N) is 2. The average molecular weight is 243 g/mol. The van der Waals surface area contributed by atoms with Gasteiger partial charge in [0.1, 0.15) is 17.3 Å². The van der Waals surface area contributed by atoms with E-state index in [9.17, 15) is 4.79 Å². The molecule has 0 spiro atoms. The van der Waals surface area contributed by atoms with Gasteiger partial charge in [-0.25, -0.2) is 9.97 Å². The summed E-state index contributed by atoms with van der Waals surface area (Å²) in [6, 6.07) is 0. The molecule has 0 atom stereocenters. The molecule has 0 aliphatic carbocycles. The second kappa shape index (κ2) is 4.65. The van der Waals surface area contributed by atoms with Crippen LogP contribution in [-0.4, -0.2) is 22.4 Å². The zero-order valence-corrected chi connectivity index (χ0v) is 10.3. The molecule has 0 saturated carbocycles. The van der Waals surface area contributed by atoms with Crippen molar-refractivity contribution in [2.45, 2.75) is 20.8 Å².